The Bertz CT molecular complexity index is 371. The maximum atomic E-state index is 11.6. The predicted molar refractivity (Wildman–Crippen MR) is 99.0 cm³/mol. The Morgan fingerprint density at radius 2 is 1.35 bits per heavy atom. The van der Waals surface area contributed by atoms with Gasteiger partial charge in [-0.1, -0.05) is 20.8 Å². The zero-order chi connectivity index (χ0) is 19.7. The summed E-state index contributed by atoms with van der Waals surface area (Å²) in [6.07, 6.45) is 1.57. The molecule has 26 heavy (non-hydrogen) atoms. The number of carbonyl (C=O) groups excluding carboxylic acids is 2. The van der Waals surface area contributed by atoms with Crippen molar-refractivity contribution in [3.63, 3.8) is 0 Å². The van der Waals surface area contributed by atoms with Crippen LogP contribution in [0.15, 0.2) is 0 Å². The van der Waals surface area contributed by atoms with Crippen molar-refractivity contribution in [1.82, 2.24) is 5.32 Å². The van der Waals surface area contributed by atoms with Gasteiger partial charge in [-0.25, -0.2) is 0 Å². The molecule has 1 amide bonds. The van der Waals surface area contributed by atoms with Crippen LogP contribution >= 0.6 is 0 Å². The molecule has 0 aliphatic rings. The molecule has 154 valence electrons. The van der Waals surface area contributed by atoms with Gasteiger partial charge in [0.2, 0.25) is 5.91 Å². The molecule has 0 radical (unpaired) electrons. The fourth-order valence-electron chi connectivity index (χ4n) is 1.63. The summed E-state index contributed by atoms with van der Waals surface area (Å²) in [4.78, 5) is 23.2. The smallest absolute Gasteiger partial charge is 0.246 e. The number of amides is 1. The van der Waals surface area contributed by atoms with Crippen LogP contribution in [-0.4, -0.2) is 77.6 Å². The number of Topliss-reactive ketones (excluding diaryl/α,β-unsaturated/α-hetero) is 1. The average molecular weight is 376 g/mol. The Balaban J connectivity index is 3.29. The lowest BCUT2D eigenvalue weighted by atomic mass is 9.91. The molecule has 0 heterocycles. The standard InChI is InChI=1S/C18H36N2O6/c1-18(2,3)16(21)14-26-15-17(22)20-7-5-9-24-11-13-25-12-10-23-8-4-6-19/h4-15,19H2,1-3H3,(H,20,22). The number of rotatable bonds is 17. The summed E-state index contributed by atoms with van der Waals surface area (Å²) < 4.78 is 21.2. The zero-order valence-electron chi connectivity index (χ0n) is 16.5. The minimum atomic E-state index is -0.449. The molecule has 0 aromatic carbocycles. The lowest BCUT2D eigenvalue weighted by Crippen LogP contribution is -2.31. The first-order valence-electron chi connectivity index (χ1n) is 9.19. The molecule has 0 aliphatic carbocycles. The van der Waals surface area contributed by atoms with E-state index in [0.29, 0.717) is 59.2 Å². The van der Waals surface area contributed by atoms with Crippen LogP contribution in [0, 0.1) is 5.41 Å². The molecule has 0 aromatic rings. The van der Waals surface area contributed by atoms with E-state index in [1.165, 1.54) is 0 Å². The van der Waals surface area contributed by atoms with E-state index in [9.17, 15) is 9.59 Å². The maximum Gasteiger partial charge on any atom is 0.246 e. The fraction of sp³-hybridized carbons (Fsp3) is 0.889. The fourth-order valence-corrected chi connectivity index (χ4v) is 1.63. The highest BCUT2D eigenvalue weighted by molar-refractivity contribution is 5.85. The number of nitrogens with one attached hydrogen (secondary N) is 1. The quantitative estimate of drug-likeness (QED) is 0.356. The molecular formula is C18H36N2O6. The van der Waals surface area contributed by atoms with Crippen LogP contribution in [0.4, 0.5) is 0 Å². The second-order valence-corrected chi connectivity index (χ2v) is 6.85. The van der Waals surface area contributed by atoms with Crippen molar-refractivity contribution in [2.24, 2.45) is 11.1 Å². The van der Waals surface area contributed by atoms with E-state index >= 15 is 0 Å². The number of ether oxygens (including phenoxy) is 4. The van der Waals surface area contributed by atoms with Crippen molar-refractivity contribution in [1.29, 1.82) is 0 Å². The number of carbonyl (C=O) groups is 2. The van der Waals surface area contributed by atoms with Crippen LogP contribution in [0.2, 0.25) is 0 Å². The van der Waals surface area contributed by atoms with Gasteiger partial charge in [0.1, 0.15) is 13.2 Å². The lowest BCUT2D eigenvalue weighted by Gasteiger charge is -2.16. The maximum absolute atomic E-state index is 11.6. The number of nitrogens with two attached hydrogens (primary N) is 1. The van der Waals surface area contributed by atoms with Gasteiger partial charge >= 0.3 is 0 Å². The molecule has 0 saturated carbocycles. The summed E-state index contributed by atoms with van der Waals surface area (Å²) in [7, 11) is 0. The van der Waals surface area contributed by atoms with Crippen LogP contribution in [0.3, 0.4) is 0 Å². The van der Waals surface area contributed by atoms with Gasteiger partial charge in [-0.15, -0.1) is 0 Å². The minimum Gasteiger partial charge on any atom is -0.379 e. The van der Waals surface area contributed by atoms with Gasteiger partial charge in [0.15, 0.2) is 5.78 Å². The summed E-state index contributed by atoms with van der Waals surface area (Å²) >= 11 is 0. The van der Waals surface area contributed by atoms with E-state index in [0.717, 1.165) is 6.42 Å². The molecule has 8 heteroatoms. The Labute approximate surface area is 157 Å². The molecule has 0 unspecified atom stereocenters. The Hall–Kier alpha value is -1.06. The van der Waals surface area contributed by atoms with Gasteiger partial charge in [-0.05, 0) is 19.4 Å². The first kappa shape index (κ1) is 24.9. The average Bonchev–Trinajstić information content (AvgIpc) is 2.58. The molecule has 3 N–H and O–H groups in total. The van der Waals surface area contributed by atoms with Crippen molar-refractivity contribution >= 4 is 11.7 Å². The van der Waals surface area contributed by atoms with Crippen molar-refractivity contribution in [3.05, 3.63) is 0 Å². The van der Waals surface area contributed by atoms with E-state index in [-0.39, 0.29) is 24.9 Å². The van der Waals surface area contributed by atoms with Gasteiger partial charge in [0.25, 0.3) is 0 Å². The van der Waals surface area contributed by atoms with Gasteiger partial charge in [-0.3, -0.25) is 9.59 Å². The van der Waals surface area contributed by atoms with E-state index in [1.807, 2.05) is 20.8 Å². The summed E-state index contributed by atoms with van der Waals surface area (Å²) in [6, 6.07) is 0. The Morgan fingerprint density at radius 1 is 0.808 bits per heavy atom. The summed E-state index contributed by atoms with van der Waals surface area (Å²) in [5, 5.41) is 2.72. The Morgan fingerprint density at radius 3 is 1.88 bits per heavy atom. The van der Waals surface area contributed by atoms with Crippen molar-refractivity contribution in [3.8, 4) is 0 Å². The van der Waals surface area contributed by atoms with E-state index in [2.05, 4.69) is 5.32 Å². The number of hydrogen-bond acceptors (Lipinski definition) is 7. The van der Waals surface area contributed by atoms with E-state index in [4.69, 9.17) is 24.7 Å². The molecule has 0 bridgehead atoms. The van der Waals surface area contributed by atoms with Crippen LogP contribution in [0.1, 0.15) is 33.6 Å². The second-order valence-electron chi connectivity index (χ2n) is 6.85. The first-order valence-corrected chi connectivity index (χ1v) is 9.19. The van der Waals surface area contributed by atoms with Crippen molar-refractivity contribution in [2.75, 3.05) is 65.9 Å². The van der Waals surface area contributed by atoms with Crippen LogP contribution < -0.4 is 11.1 Å². The van der Waals surface area contributed by atoms with Crippen LogP contribution in [0.25, 0.3) is 0 Å². The molecule has 0 fully saturated rings. The SMILES string of the molecule is CC(C)(C)C(=O)COCC(=O)NCCCOCCOCCOCCCN. The molecule has 0 rings (SSSR count). The van der Waals surface area contributed by atoms with Gasteiger partial charge in [0.05, 0.1) is 26.4 Å². The summed E-state index contributed by atoms with van der Waals surface area (Å²) in [5.74, 6) is -0.257. The normalized spacial score (nSPS) is 11.5. The summed E-state index contributed by atoms with van der Waals surface area (Å²) in [6.45, 7) is 9.80. The molecule has 0 aliphatic heterocycles. The van der Waals surface area contributed by atoms with E-state index in [1.54, 1.807) is 0 Å². The molecular weight excluding hydrogens is 340 g/mol. The van der Waals surface area contributed by atoms with Crippen LogP contribution in [0.5, 0.6) is 0 Å². The molecule has 0 saturated heterocycles. The molecule has 0 aromatic heterocycles. The largest absolute Gasteiger partial charge is 0.379 e. The lowest BCUT2D eigenvalue weighted by molar-refractivity contribution is -0.134. The highest BCUT2D eigenvalue weighted by Crippen LogP contribution is 2.14. The number of hydrogen-bond donors (Lipinski definition) is 2. The molecule has 8 nitrogen and oxygen atoms in total. The topological polar surface area (TPSA) is 109 Å². The van der Waals surface area contributed by atoms with Gasteiger partial charge < -0.3 is 30.0 Å². The second kappa shape index (κ2) is 16.1. The third kappa shape index (κ3) is 16.4. The minimum absolute atomic E-state index is 0.0250. The monoisotopic (exact) mass is 376 g/mol. The summed E-state index contributed by atoms with van der Waals surface area (Å²) in [5.41, 5.74) is 4.90. The van der Waals surface area contributed by atoms with Gasteiger partial charge in [0, 0.05) is 25.2 Å². The highest BCUT2D eigenvalue weighted by Gasteiger charge is 2.21. The molecule has 0 atom stereocenters. The number of ketones is 1. The first-order chi connectivity index (χ1) is 12.4. The van der Waals surface area contributed by atoms with Crippen LogP contribution in [-0.2, 0) is 28.5 Å². The predicted octanol–water partition coefficient (Wildman–Crippen LogP) is 0.523. The van der Waals surface area contributed by atoms with Gasteiger partial charge in [-0.2, -0.15) is 0 Å². The van der Waals surface area contributed by atoms with E-state index < -0.39 is 5.41 Å². The van der Waals surface area contributed by atoms with Crippen molar-refractivity contribution < 1.29 is 28.5 Å². The Kier molecular flexibility index (Phi) is 15.5. The highest BCUT2D eigenvalue weighted by atomic mass is 16.5. The van der Waals surface area contributed by atoms with Crippen molar-refractivity contribution in [2.45, 2.75) is 33.6 Å². The zero-order valence-corrected chi connectivity index (χ0v) is 16.5. The molecule has 0 spiro atoms. The third-order valence-corrected chi connectivity index (χ3v) is 3.33. The third-order valence-electron chi connectivity index (χ3n) is 3.33.